The number of fused-ring (bicyclic) bond motifs is 1. The van der Waals surface area contributed by atoms with Gasteiger partial charge in [0.05, 0.1) is 7.11 Å². The second-order valence-corrected chi connectivity index (χ2v) is 8.59. The molecule has 30 heavy (non-hydrogen) atoms. The summed E-state index contributed by atoms with van der Waals surface area (Å²) in [6, 6.07) is 7.50. The Kier molecular flexibility index (Phi) is 5.94. The van der Waals surface area contributed by atoms with Crippen molar-refractivity contribution >= 4 is 17.7 Å². The zero-order valence-electron chi connectivity index (χ0n) is 17.6. The van der Waals surface area contributed by atoms with Crippen LogP contribution < -0.4 is 15.4 Å². The minimum atomic E-state index is -0.401. The van der Waals surface area contributed by atoms with E-state index in [2.05, 4.69) is 15.5 Å². The summed E-state index contributed by atoms with van der Waals surface area (Å²) in [7, 11) is 1.64. The van der Waals surface area contributed by atoms with Gasteiger partial charge in [-0.05, 0) is 37.0 Å². The van der Waals surface area contributed by atoms with Gasteiger partial charge < -0.3 is 20.3 Å². The molecule has 0 radical (unpaired) electrons. The highest BCUT2D eigenvalue weighted by Crippen LogP contribution is 2.30. The van der Waals surface area contributed by atoms with Gasteiger partial charge in [-0.3, -0.25) is 19.3 Å². The van der Waals surface area contributed by atoms with Crippen LogP contribution in [-0.4, -0.2) is 72.4 Å². The van der Waals surface area contributed by atoms with E-state index in [1.54, 1.807) is 7.11 Å². The summed E-state index contributed by atoms with van der Waals surface area (Å²) in [5.41, 5.74) is 1.09. The number of carbonyl (C=O) groups is 3. The molecule has 1 aromatic carbocycles. The van der Waals surface area contributed by atoms with Crippen molar-refractivity contribution in [2.24, 2.45) is 5.92 Å². The fourth-order valence-electron chi connectivity index (χ4n) is 4.54. The fourth-order valence-corrected chi connectivity index (χ4v) is 4.54. The maximum atomic E-state index is 13.3. The third-order valence-electron chi connectivity index (χ3n) is 6.24. The third kappa shape index (κ3) is 4.59. The van der Waals surface area contributed by atoms with E-state index >= 15 is 0 Å². The number of rotatable bonds is 7. The first kappa shape index (κ1) is 20.7. The van der Waals surface area contributed by atoms with E-state index in [4.69, 9.17) is 4.74 Å². The summed E-state index contributed by atoms with van der Waals surface area (Å²) in [5.74, 6) is 0.912. The van der Waals surface area contributed by atoms with Crippen LogP contribution in [0.4, 0.5) is 0 Å². The van der Waals surface area contributed by atoms with E-state index in [-0.39, 0.29) is 35.7 Å². The largest absolute Gasteiger partial charge is 0.497 e. The first-order chi connectivity index (χ1) is 14.4. The molecule has 0 spiro atoms. The predicted molar refractivity (Wildman–Crippen MR) is 111 cm³/mol. The van der Waals surface area contributed by atoms with Crippen molar-refractivity contribution in [3.63, 3.8) is 0 Å². The molecule has 8 heteroatoms. The average Bonchev–Trinajstić information content (AvgIpc) is 3.49. The molecule has 2 saturated heterocycles. The highest BCUT2D eigenvalue weighted by molar-refractivity contribution is 5.86. The van der Waals surface area contributed by atoms with Crippen LogP contribution in [0.25, 0.3) is 0 Å². The molecule has 0 unspecified atom stereocenters. The Labute approximate surface area is 176 Å². The Morgan fingerprint density at radius 3 is 2.53 bits per heavy atom. The fraction of sp³-hybridized carbons (Fsp3) is 0.591. The Balaban J connectivity index is 1.48. The molecule has 2 N–H and O–H groups in total. The summed E-state index contributed by atoms with van der Waals surface area (Å²) >= 11 is 0. The number of hydrogen-bond donors (Lipinski definition) is 2. The number of nitrogens with zero attached hydrogens (tertiary/aromatic N) is 2. The number of amides is 3. The van der Waals surface area contributed by atoms with Gasteiger partial charge in [0.2, 0.25) is 17.7 Å². The maximum Gasteiger partial charge on any atom is 0.242 e. The minimum Gasteiger partial charge on any atom is -0.497 e. The van der Waals surface area contributed by atoms with Crippen LogP contribution in [0.1, 0.15) is 31.7 Å². The predicted octanol–water partition coefficient (Wildman–Crippen LogP) is 0.511. The molecule has 3 amide bonds. The lowest BCUT2D eigenvalue weighted by atomic mass is 10.0. The first-order valence-corrected chi connectivity index (χ1v) is 10.7. The highest BCUT2D eigenvalue weighted by Gasteiger charge is 2.45. The van der Waals surface area contributed by atoms with Crippen molar-refractivity contribution in [2.75, 3.05) is 26.7 Å². The van der Waals surface area contributed by atoms with Crippen molar-refractivity contribution < 1.29 is 19.1 Å². The van der Waals surface area contributed by atoms with Crippen molar-refractivity contribution in [1.82, 2.24) is 20.4 Å². The van der Waals surface area contributed by atoms with Gasteiger partial charge in [-0.1, -0.05) is 12.1 Å². The van der Waals surface area contributed by atoms with Gasteiger partial charge in [0.1, 0.15) is 11.8 Å². The molecule has 4 rings (SSSR count). The Hall–Kier alpha value is -2.61. The molecule has 0 bridgehead atoms. The van der Waals surface area contributed by atoms with Crippen LogP contribution in [0, 0.1) is 5.92 Å². The monoisotopic (exact) mass is 414 g/mol. The smallest absolute Gasteiger partial charge is 0.242 e. The molecule has 8 nitrogen and oxygen atoms in total. The lowest BCUT2D eigenvalue weighted by Crippen LogP contribution is -2.62. The van der Waals surface area contributed by atoms with Crippen LogP contribution in [0.3, 0.4) is 0 Å². The summed E-state index contributed by atoms with van der Waals surface area (Å²) in [6.07, 6.45) is 2.63. The topological polar surface area (TPSA) is 91.0 Å². The number of methoxy groups -OCH3 is 1. The number of ether oxygens (including phenoxy) is 1. The van der Waals surface area contributed by atoms with Gasteiger partial charge in [0, 0.05) is 51.1 Å². The number of hydrogen-bond acceptors (Lipinski definition) is 5. The second-order valence-electron chi connectivity index (χ2n) is 8.59. The molecular formula is C22H30N4O4. The molecule has 1 aromatic rings. The van der Waals surface area contributed by atoms with Crippen molar-refractivity contribution in [3.05, 3.63) is 29.8 Å². The molecule has 2 heterocycles. The highest BCUT2D eigenvalue weighted by atomic mass is 16.5. The van der Waals surface area contributed by atoms with E-state index < -0.39 is 6.04 Å². The molecule has 0 aromatic heterocycles. The Bertz CT molecular complexity index is 808. The van der Waals surface area contributed by atoms with Crippen LogP contribution in [-0.2, 0) is 20.9 Å². The molecule has 162 valence electrons. The van der Waals surface area contributed by atoms with Gasteiger partial charge in [0.25, 0.3) is 0 Å². The number of benzene rings is 1. The molecule has 2 aliphatic heterocycles. The molecule has 3 atom stereocenters. The molecule has 1 saturated carbocycles. The van der Waals surface area contributed by atoms with Crippen LogP contribution in [0.2, 0.25) is 0 Å². The van der Waals surface area contributed by atoms with Gasteiger partial charge >= 0.3 is 0 Å². The number of piperazine rings is 1. The first-order valence-electron chi connectivity index (χ1n) is 10.7. The summed E-state index contributed by atoms with van der Waals surface area (Å²) < 4.78 is 5.23. The van der Waals surface area contributed by atoms with Crippen molar-refractivity contribution in [2.45, 2.75) is 50.9 Å². The normalized spacial score (nSPS) is 26.3. The Morgan fingerprint density at radius 2 is 1.90 bits per heavy atom. The van der Waals surface area contributed by atoms with E-state index in [1.165, 1.54) is 6.92 Å². The lowest BCUT2D eigenvalue weighted by molar-refractivity contribution is -0.144. The van der Waals surface area contributed by atoms with Crippen LogP contribution in [0.15, 0.2) is 24.3 Å². The lowest BCUT2D eigenvalue weighted by Gasteiger charge is -2.42. The molecular weight excluding hydrogens is 384 g/mol. The summed E-state index contributed by atoms with van der Waals surface area (Å²) in [5, 5.41) is 5.93. The van der Waals surface area contributed by atoms with E-state index in [9.17, 15) is 14.4 Å². The number of nitrogens with one attached hydrogen (secondary N) is 2. The maximum absolute atomic E-state index is 13.3. The van der Waals surface area contributed by atoms with Crippen molar-refractivity contribution in [3.8, 4) is 5.75 Å². The third-order valence-corrected chi connectivity index (χ3v) is 6.24. The molecule has 3 aliphatic rings. The summed E-state index contributed by atoms with van der Waals surface area (Å²) in [6.45, 7) is 3.70. The van der Waals surface area contributed by atoms with E-state index in [1.807, 2.05) is 29.2 Å². The van der Waals surface area contributed by atoms with E-state index in [0.29, 0.717) is 19.6 Å². The van der Waals surface area contributed by atoms with E-state index in [0.717, 1.165) is 37.1 Å². The minimum absolute atomic E-state index is 0.0147. The van der Waals surface area contributed by atoms with Gasteiger partial charge in [-0.2, -0.15) is 0 Å². The quantitative estimate of drug-likeness (QED) is 0.679. The SMILES string of the molecule is COc1ccc(CN2C[C@@H]3C[C@H](NC(C)=O)CN3C(=O)[C@@H]2CNC(=O)C2CC2)cc1. The molecule has 1 aliphatic carbocycles. The Morgan fingerprint density at radius 1 is 1.17 bits per heavy atom. The summed E-state index contributed by atoms with van der Waals surface area (Å²) in [4.78, 5) is 41.0. The number of carbonyl (C=O) groups excluding carboxylic acids is 3. The van der Waals surface area contributed by atoms with Gasteiger partial charge in [-0.25, -0.2) is 0 Å². The molecule has 3 fully saturated rings. The zero-order valence-corrected chi connectivity index (χ0v) is 17.6. The average molecular weight is 415 g/mol. The van der Waals surface area contributed by atoms with Gasteiger partial charge in [-0.15, -0.1) is 0 Å². The standard InChI is InChI=1S/C22H30N4O4/c1-14(27)24-17-9-18-13-25(11-15-3-7-19(30-2)8-4-15)20(22(29)26(18)12-17)10-23-21(28)16-5-6-16/h3-4,7-8,16-18,20H,5-6,9-13H2,1-2H3,(H,23,28)(H,24,27)/t17-,18-,20-/m0/s1. The van der Waals surface area contributed by atoms with Crippen molar-refractivity contribution in [1.29, 1.82) is 0 Å². The van der Waals surface area contributed by atoms with Crippen LogP contribution >= 0.6 is 0 Å². The zero-order chi connectivity index (χ0) is 21.3. The van der Waals surface area contributed by atoms with Crippen LogP contribution in [0.5, 0.6) is 5.75 Å². The second kappa shape index (κ2) is 8.63. The van der Waals surface area contributed by atoms with Gasteiger partial charge in [0.15, 0.2) is 0 Å².